The minimum absolute atomic E-state index is 0.151. The molecular weight excluding hydrogens is 454 g/mol. The van der Waals surface area contributed by atoms with Gasteiger partial charge in [0.05, 0.1) is 12.1 Å². The molecule has 0 aliphatic heterocycles. The van der Waals surface area contributed by atoms with Crippen molar-refractivity contribution < 1.29 is 34.2 Å². The van der Waals surface area contributed by atoms with Crippen molar-refractivity contribution in [2.75, 3.05) is 12.0 Å². The lowest BCUT2D eigenvalue weighted by molar-refractivity contribution is -0.142. The van der Waals surface area contributed by atoms with Crippen molar-refractivity contribution in [1.29, 1.82) is 0 Å². The van der Waals surface area contributed by atoms with Crippen LogP contribution in [0.15, 0.2) is 0 Å². The molecule has 6 unspecified atom stereocenters. The number of carbonyl (C=O) groups excluding carboxylic acids is 4. The number of nitrogens with one attached hydrogen (secondary N) is 3. The van der Waals surface area contributed by atoms with Gasteiger partial charge in [-0.2, -0.15) is 11.8 Å². The number of hydrogen-bond donors (Lipinski definition) is 7. The second-order valence-corrected chi connectivity index (χ2v) is 8.87. The highest BCUT2D eigenvalue weighted by molar-refractivity contribution is 7.98. The molecule has 12 nitrogen and oxygen atoms in total. The van der Waals surface area contributed by atoms with Crippen LogP contribution in [0.3, 0.4) is 0 Å². The second kappa shape index (κ2) is 15.5. The van der Waals surface area contributed by atoms with Gasteiger partial charge < -0.3 is 37.6 Å². The summed E-state index contributed by atoms with van der Waals surface area (Å²) < 4.78 is 0. The third-order valence-corrected chi connectivity index (χ3v) is 5.80. The van der Waals surface area contributed by atoms with Crippen LogP contribution in [0, 0.1) is 5.92 Å². The maximum absolute atomic E-state index is 12.8. The van der Waals surface area contributed by atoms with E-state index in [0.29, 0.717) is 12.2 Å². The largest absolute Gasteiger partial charge is 0.480 e. The molecule has 0 aromatic heterocycles. The number of primary amides is 1. The van der Waals surface area contributed by atoms with Crippen LogP contribution in [0.25, 0.3) is 0 Å². The van der Waals surface area contributed by atoms with Crippen molar-refractivity contribution in [3.8, 4) is 0 Å². The fraction of sp³-hybridized carbons (Fsp3) is 0.750. The first-order valence-corrected chi connectivity index (χ1v) is 12.1. The van der Waals surface area contributed by atoms with E-state index in [1.807, 2.05) is 6.92 Å². The first-order chi connectivity index (χ1) is 15.3. The Morgan fingerprint density at radius 1 is 0.939 bits per heavy atom. The molecule has 0 heterocycles. The molecule has 13 heteroatoms. The Bertz CT molecular complexity index is 692. The Hall–Kier alpha value is -2.38. The van der Waals surface area contributed by atoms with Gasteiger partial charge in [0.2, 0.25) is 23.6 Å². The molecule has 0 aromatic carbocycles. The van der Waals surface area contributed by atoms with Gasteiger partial charge in [0.25, 0.3) is 0 Å². The summed E-state index contributed by atoms with van der Waals surface area (Å²) in [6.07, 6.45) is 0.773. The summed E-state index contributed by atoms with van der Waals surface area (Å²) in [6.45, 7) is 4.89. The van der Waals surface area contributed by atoms with Gasteiger partial charge >= 0.3 is 5.97 Å². The van der Waals surface area contributed by atoms with Gasteiger partial charge in [0.15, 0.2) is 0 Å². The van der Waals surface area contributed by atoms with Gasteiger partial charge in [0, 0.05) is 6.42 Å². The van der Waals surface area contributed by atoms with Gasteiger partial charge in [-0.15, -0.1) is 0 Å². The van der Waals surface area contributed by atoms with Crippen molar-refractivity contribution >= 4 is 41.4 Å². The van der Waals surface area contributed by atoms with Crippen LogP contribution in [-0.2, 0) is 24.0 Å². The number of hydrogen-bond acceptors (Lipinski definition) is 8. The number of aliphatic hydroxyl groups excluding tert-OH is 1. The number of aliphatic hydroxyl groups is 1. The smallest absolute Gasteiger partial charge is 0.326 e. The molecule has 0 saturated carbocycles. The van der Waals surface area contributed by atoms with Crippen LogP contribution in [0.5, 0.6) is 0 Å². The van der Waals surface area contributed by atoms with E-state index in [1.54, 1.807) is 13.2 Å². The number of aliphatic carboxylic acids is 1. The molecule has 0 saturated heterocycles. The number of carboxylic acids is 1. The van der Waals surface area contributed by atoms with E-state index < -0.39 is 59.9 Å². The lowest BCUT2D eigenvalue weighted by Gasteiger charge is -2.27. The van der Waals surface area contributed by atoms with Crippen molar-refractivity contribution in [1.82, 2.24) is 16.0 Å². The fourth-order valence-corrected chi connectivity index (χ4v) is 3.22. The maximum Gasteiger partial charge on any atom is 0.326 e. The minimum Gasteiger partial charge on any atom is -0.480 e. The average molecular weight is 492 g/mol. The van der Waals surface area contributed by atoms with Crippen LogP contribution in [-0.4, -0.2) is 82.1 Å². The zero-order valence-electron chi connectivity index (χ0n) is 19.5. The molecule has 0 rings (SSSR count). The first kappa shape index (κ1) is 30.6. The molecular formula is C20H37N5O7S. The molecule has 0 aromatic rings. The van der Waals surface area contributed by atoms with Crippen molar-refractivity contribution in [2.45, 2.75) is 76.7 Å². The van der Waals surface area contributed by atoms with Gasteiger partial charge in [-0.3, -0.25) is 19.2 Å². The lowest BCUT2D eigenvalue weighted by Crippen LogP contribution is -2.60. The number of nitrogens with two attached hydrogens (primary N) is 2. The highest BCUT2D eigenvalue weighted by Gasteiger charge is 2.33. The Balaban J connectivity index is 5.50. The van der Waals surface area contributed by atoms with E-state index >= 15 is 0 Å². The molecule has 6 atom stereocenters. The number of carboxylic acid groups (broad SMARTS) is 1. The highest BCUT2D eigenvalue weighted by Crippen LogP contribution is 2.08. The van der Waals surface area contributed by atoms with Gasteiger partial charge in [-0.05, 0) is 37.7 Å². The van der Waals surface area contributed by atoms with E-state index in [9.17, 15) is 34.2 Å². The lowest BCUT2D eigenvalue weighted by atomic mass is 9.98. The van der Waals surface area contributed by atoms with Crippen molar-refractivity contribution in [3.05, 3.63) is 0 Å². The number of thioether (sulfide) groups is 1. The molecule has 0 aliphatic rings. The van der Waals surface area contributed by atoms with E-state index in [0.717, 1.165) is 0 Å². The zero-order valence-corrected chi connectivity index (χ0v) is 20.3. The van der Waals surface area contributed by atoms with Crippen LogP contribution in [0.4, 0.5) is 0 Å². The minimum atomic E-state index is -1.43. The summed E-state index contributed by atoms with van der Waals surface area (Å²) >= 11 is 1.40. The molecule has 0 bridgehead atoms. The van der Waals surface area contributed by atoms with Crippen LogP contribution in [0.2, 0.25) is 0 Å². The summed E-state index contributed by atoms with van der Waals surface area (Å²) in [4.78, 5) is 60.5. The Labute approximate surface area is 198 Å². The summed E-state index contributed by atoms with van der Waals surface area (Å²) in [6, 6.07) is -4.85. The van der Waals surface area contributed by atoms with Crippen molar-refractivity contribution in [3.63, 3.8) is 0 Å². The Kier molecular flexibility index (Phi) is 14.3. The van der Waals surface area contributed by atoms with Crippen LogP contribution in [0.1, 0.15) is 46.5 Å². The molecule has 0 aliphatic carbocycles. The average Bonchev–Trinajstić information content (AvgIpc) is 2.75. The molecule has 0 spiro atoms. The normalized spacial score (nSPS) is 16.4. The molecule has 0 radical (unpaired) electrons. The molecule has 4 amide bonds. The molecule has 0 fully saturated rings. The molecule has 33 heavy (non-hydrogen) atoms. The van der Waals surface area contributed by atoms with Crippen molar-refractivity contribution in [2.24, 2.45) is 17.4 Å². The standard InChI is InChI=1S/C20H37N5O7S/c1-5-10(2)15(22)18(29)25-16(11(3)26)19(30)23-12(6-7-14(21)27)17(28)24-13(20(31)32)8-9-33-4/h10-13,15-16,26H,5-9,22H2,1-4H3,(H2,21,27)(H,23,30)(H,24,28)(H,25,29)(H,31,32). The Morgan fingerprint density at radius 3 is 1.97 bits per heavy atom. The fourth-order valence-electron chi connectivity index (χ4n) is 2.75. The van der Waals surface area contributed by atoms with Crippen LogP contribution >= 0.6 is 11.8 Å². The van der Waals surface area contributed by atoms with Gasteiger partial charge in [-0.1, -0.05) is 20.3 Å². The summed E-state index contributed by atoms with van der Waals surface area (Å²) in [5.41, 5.74) is 11.0. The van der Waals surface area contributed by atoms with E-state index in [1.165, 1.54) is 18.7 Å². The highest BCUT2D eigenvalue weighted by atomic mass is 32.2. The third-order valence-electron chi connectivity index (χ3n) is 5.16. The number of amides is 4. The third kappa shape index (κ3) is 11.3. The number of rotatable bonds is 16. The molecule has 9 N–H and O–H groups in total. The summed E-state index contributed by atoms with van der Waals surface area (Å²) in [5, 5.41) is 26.4. The van der Waals surface area contributed by atoms with E-state index in [2.05, 4.69) is 16.0 Å². The quantitative estimate of drug-likeness (QED) is 0.131. The predicted molar refractivity (Wildman–Crippen MR) is 124 cm³/mol. The second-order valence-electron chi connectivity index (χ2n) is 7.89. The summed E-state index contributed by atoms with van der Waals surface area (Å²) in [5.74, 6) is -4.04. The zero-order chi connectivity index (χ0) is 25.7. The predicted octanol–water partition coefficient (Wildman–Crippen LogP) is -1.70. The van der Waals surface area contributed by atoms with Gasteiger partial charge in [0.1, 0.15) is 18.1 Å². The molecule has 190 valence electrons. The van der Waals surface area contributed by atoms with Crippen LogP contribution < -0.4 is 27.4 Å². The topological polar surface area (TPSA) is 214 Å². The van der Waals surface area contributed by atoms with E-state index in [-0.39, 0.29) is 25.2 Å². The monoisotopic (exact) mass is 491 g/mol. The number of carbonyl (C=O) groups is 5. The maximum atomic E-state index is 12.8. The van der Waals surface area contributed by atoms with E-state index in [4.69, 9.17) is 11.5 Å². The first-order valence-electron chi connectivity index (χ1n) is 10.7. The summed E-state index contributed by atoms with van der Waals surface area (Å²) in [7, 11) is 0. The Morgan fingerprint density at radius 2 is 1.52 bits per heavy atom. The SMILES string of the molecule is CCC(C)C(N)C(=O)NC(C(=O)NC(CCC(N)=O)C(=O)NC(CCSC)C(=O)O)C(C)O. The van der Waals surface area contributed by atoms with Gasteiger partial charge in [-0.25, -0.2) is 4.79 Å².